The fourth-order valence-electron chi connectivity index (χ4n) is 2.09. The lowest BCUT2D eigenvalue weighted by atomic mass is 9.89. The van der Waals surface area contributed by atoms with Gasteiger partial charge in [0.15, 0.2) is 0 Å². The molecule has 0 bridgehead atoms. The van der Waals surface area contributed by atoms with Crippen LogP contribution in [-0.4, -0.2) is 18.2 Å². The molecule has 1 N–H and O–H groups in total. The minimum atomic E-state index is 0.361. The summed E-state index contributed by atoms with van der Waals surface area (Å²) in [6.45, 7) is 5.18. The highest BCUT2D eigenvalue weighted by molar-refractivity contribution is 5.14. The first-order valence-electron chi connectivity index (χ1n) is 6.17. The Hall–Kier alpha value is -0.860. The first-order chi connectivity index (χ1) is 7.74. The van der Waals surface area contributed by atoms with Crippen molar-refractivity contribution < 1.29 is 4.74 Å². The van der Waals surface area contributed by atoms with E-state index in [-0.39, 0.29) is 0 Å². The molecule has 1 aromatic carbocycles. The zero-order valence-corrected chi connectivity index (χ0v) is 10.1. The summed E-state index contributed by atoms with van der Waals surface area (Å²) < 4.78 is 5.73. The number of rotatable bonds is 5. The number of hydrogen-bond donors (Lipinski definition) is 1. The average Bonchev–Trinajstić information content (AvgIpc) is 2.22. The molecule has 1 aromatic rings. The summed E-state index contributed by atoms with van der Waals surface area (Å²) in [4.78, 5) is 0. The van der Waals surface area contributed by atoms with Gasteiger partial charge in [-0.2, -0.15) is 0 Å². The van der Waals surface area contributed by atoms with Gasteiger partial charge in [0.1, 0.15) is 0 Å². The van der Waals surface area contributed by atoms with Crippen LogP contribution in [0.25, 0.3) is 0 Å². The normalized spacial score (nSPS) is 24.4. The van der Waals surface area contributed by atoms with Crippen LogP contribution in [0.1, 0.15) is 32.3 Å². The Bertz CT molecular complexity index is 304. The molecule has 0 saturated heterocycles. The summed E-state index contributed by atoms with van der Waals surface area (Å²) in [6, 6.07) is 11.2. The molecule has 88 valence electrons. The van der Waals surface area contributed by atoms with E-state index in [9.17, 15) is 0 Å². The first kappa shape index (κ1) is 11.6. The van der Waals surface area contributed by atoms with E-state index in [4.69, 9.17) is 4.74 Å². The van der Waals surface area contributed by atoms with E-state index in [1.54, 1.807) is 0 Å². The van der Waals surface area contributed by atoms with Gasteiger partial charge in [-0.3, -0.25) is 0 Å². The maximum atomic E-state index is 5.73. The van der Waals surface area contributed by atoms with E-state index in [1.165, 1.54) is 5.56 Å². The third kappa shape index (κ3) is 3.32. The molecule has 0 radical (unpaired) electrons. The van der Waals surface area contributed by atoms with E-state index in [2.05, 4.69) is 49.5 Å². The molecule has 0 spiro atoms. The van der Waals surface area contributed by atoms with E-state index >= 15 is 0 Å². The molecule has 16 heavy (non-hydrogen) atoms. The molecule has 0 atom stereocenters. The topological polar surface area (TPSA) is 21.3 Å². The molecular weight excluding hydrogens is 198 g/mol. The molecular formula is C14H21NO. The van der Waals surface area contributed by atoms with Gasteiger partial charge in [0.25, 0.3) is 0 Å². The van der Waals surface area contributed by atoms with Crippen molar-refractivity contribution in [3.05, 3.63) is 35.9 Å². The van der Waals surface area contributed by atoms with Crippen LogP contribution >= 0.6 is 0 Å². The Labute approximate surface area is 98.0 Å². The molecule has 1 aliphatic rings. The van der Waals surface area contributed by atoms with Crippen LogP contribution in [0, 0.1) is 0 Å². The highest BCUT2D eigenvalue weighted by atomic mass is 16.5. The molecule has 1 fully saturated rings. The molecule has 0 heterocycles. The second-order valence-corrected chi connectivity index (χ2v) is 4.84. The van der Waals surface area contributed by atoms with E-state index in [0.29, 0.717) is 18.2 Å². The summed E-state index contributed by atoms with van der Waals surface area (Å²) in [5.74, 6) is 0. The molecule has 2 heteroatoms. The second-order valence-electron chi connectivity index (χ2n) is 4.84. The molecule has 1 saturated carbocycles. The zero-order chi connectivity index (χ0) is 11.4. The van der Waals surface area contributed by atoms with E-state index in [1.807, 2.05) is 0 Å². The monoisotopic (exact) mass is 219 g/mol. The maximum absolute atomic E-state index is 5.73. The van der Waals surface area contributed by atoms with Crippen LogP contribution in [0.5, 0.6) is 0 Å². The third-order valence-corrected chi connectivity index (χ3v) is 3.00. The van der Waals surface area contributed by atoms with Crippen LogP contribution in [0.4, 0.5) is 0 Å². The molecule has 0 aliphatic heterocycles. The minimum Gasteiger partial charge on any atom is -0.375 e. The first-order valence-corrected chi connectivity index (χ1v) is 6.17. The smallest absolute Gasteiger partial charge is 0.0608 e. The Balaban J connectivity index is 1.63. The Morgan fingerprint density at radius 1 is 1.25 bits per heavy atom. The van der Waals surface area contributed by atoms with Gasteiger partial charge in [0.2, 0.25) is 0 Å². The van der Waals surface area contributed by atoms with Crippen molar-refractivity contribution in [1.29, 1.82) is 0 Å². The lowest BCUT2D eigenvalue weighted by molar-refractivity contribution is -0.0500. The molecule has 0 unspecified atom stereocenters. The van der Waals surface area contributed by atoms with Crippen molar-refractivity contribution >= 4 is 0 Å². The largest absolute Gasteiger partial charge is 0.375 e. The number of benzene rings is 1. The predicted molar refractivity (Wildman–Crippen MR) is 66.3 cm³/mol. The van der Waals surface area contributed by atoms with Crippen LogP contribution < -0.4 is 5.32 Å². The number of nitrogens with one attached hydrogen (secondary N) is 1. The van der Waals surface area contributed by atoms with Crippen LogP contribution in [-0.2, 0) is 11.3 Å². The summed E-state index contributed by atoms with van der Waals surface area (Å²) in [5.41, 5.74) is 1.36. The van der Waals surface area contributed by atoms with Crippen molar-refractivity contribution in [3.63, 3.8) is 0 Å². The van der Waals surface area contributed by atoms with Gasteiger partial charge < -0.3 is 10.1 Å². The Morgan fingerprint density at radius 2 is 1.94 bits per heavy atom. The third-order valence-electron chi connectivity index (χ3n) is 3.00. The minimum absolute atomic E-state index is 0.361. The van der Waals surface area contributed by atoms with Crippen molar-refractivity contribution in [2.24, 2.45) is 0 Å². The summed E-state index contributed by atoms with van der Waals surface area (Å²) >= 11 is 0. The van der Waals surface area contributed by atoms with Gasteiger partial charge in [0.05, 0.1) is 12.2 Å². The van der Waals surface area contributed by atoms with Crippen molar-refractivity contribution in [3.8, 4) is 0 Å². The molecule has 1 aliphatic carbocycles. The van der Waals surface area contributed by atoms with Crippen molar-refractivity contribution in [1.82, 2.24) is 5.32 Å². The van der Waals surface area contributed by atoms with Gasteiger partial charge in [-0.15, -0.1) is 0 Å². The standard InChI is InChI=1S/C14H21NO/c1-11(2)16-14-8-13(9-14)15-10-12-6-4-3-5-7-12/h3-7,11,13-15H,8-10H2,1-2H3. The summed E-state index contributed by atoms with van der Waals surface area (Å²) in [6.07, 6.45) is 3.16. The lowest BCUT2D eigenvalue weighted by Gasteiger charge is -2.37. The number of ether oxygens (including phenoxy) is 1. The van der Waals surface area contributed by atoms with Gasteiger partial charge >= 0.3 is 0 Å². The highest BCUT2D eigenvalue weighted by Crippen LogP contribution is 2.24. The SMILES string of the molecule is CC(C)OC1CC(NCc2ccccc2)C1. The van der Waals surface area contributed by atoms with E-state index < -0.39 is 0 Å². The van der Waals surface area contributed by atoms with E-state index in [0.717, 1.165) is 19.4 Å². The Kier molecular flexibility index (Phi) is 3.97. The number of hydrogen-bond acceptors (Lipinski definition) is 2. The predicted octanol–water partition coefficient (Wildman–Crippen LogP) is 2.73. The highest BCUT2D eigenvalue weighted by Gasteiger charge is 2.29. The van der Waals surface area contributed by atoms with Gasteiger partial charge in [-0.1, -0.05) is 30.3 Å². The van der Waals surface area contributed by atoms with Crippen molar-refractivity contribution in [2.45, 2.75) is 51.5 Å². The molecule has 0 amide bonds. The van der Waals surface area contributed by atoms with Crippen LogP contribution in [0.3, 0.4) is 0 Å². The zero-order valence-electron chi connectivity index (χ0n) is 10.1. The average molecular weight is 219 g/mol. The molecule has 2 nitrogen and oxygen atoms in total. The lowest BCUT2D eigenvalue weighted by Crippen LogP contribution is -2.45. The maximum Gasteiger partial charge on any atom is 0.0608 e. The fraction of sp³-hybridized carbons (Fsp3) is 0.571. The quantitative estimate of drug-likeness (QED) is 0.822. The van der Waals surface area contributed by atoms with Crippen LogP contribution in [0.2, 0.25) is 0 Å². The van der Waals surface area contributed by atoms with Crippen molar-refractivity contribution in [2.75, 3.05) is 0 Å². The van der Waals surface area contributed by atoms with Gasteiger partial charge in [-0.25, -0.2) is 0 Å². The summed E-state index contributed by atoms with van der Waals surface area (Å²) in [5, 5.41) is 3.56. The van der Waals surface area contributed by atoms with Gasteiger partial charge in [0, 0.05) is 12.6 Å². The Morgan fingerprint density at radius 3 is 2.56 bits per heavy atom. The molecule has 2 rings (SSSR count). The van der Waals surface area contributed by atoms with Gasteiger partial charge in [-0.05, 0) is 32.3 Å². The fourth-order valence-corrected chi connectivity index (χ4v) is 2.09. The van der Waals surface area contributed by atoms with Crippen LogP contribution in [0.15, 0.2) is 30.3 Å². The molecule has 0 aromatic heterocycles. The second kappa shape index (κ2) is 5.46. The summed E-state index contributed by atoms with van der Waals surface area (Å²) in [7, 11) is 0.